The monoisotopic (exact) mass is 442 g/mol. The highest BCUT2D eigenvalue weighted by Gasteiger charge is 2.43. The molecule has 2 aliphatic rings. The zero-order valence-corrected chi connectivity index (χ0v) is 18.0. The molecule has 1 aromatic heterocycles. The number of amides is 1. The van der Waals surface area contributed by atoms with E-state index in [0.29, 0.717) is 18.7 Å². The predicted octanol–water partition coefficient (Wildman–Crippen LogP) is 3.39. The summed E-state index contributed by atoms with van der Waals surface area (Å²) in [6.45, 7) is 3.68. The van der Waals surface area contributed by atoms with Gasteiger partial charge in [0.05, 0.1) is 15.3 Å². The first-order valence-electron chi connectivity index (χ1n) is 10.4. The van der Waals surface area contributed by atoms with Gasteiger partial charge in [0.1, 0.15) is 17.2 Å². The molecule has 8 heteroatoms. The Hall–Kier alpha value is -2.71. The predicted molar refractivity (Wildman–Crippen MR) is 113 cm³/mol. The number of sulfone groups is 1. The molecule has 1 N–H and O–H groups in total. The van der Waals surface area contributed by atoms with Gasteiger partial charge in [0.15, 0.2) is 0 Å². The SMILES string of the molecule is CC(=O)N1CCC2(CC1)NCCc1c2oc2cc(S(=O)(=O)c3cccc(F)c3)ccc12. The van der Waals surface area contributed by atoms with Gasteiger partial charge in [0.2, 0.25) is 15.7 Å². The largest absolute Gasteiger partial charge is 0.459 e. The average Bonchev–Trinajstić information content (AvgIpc) is 3.14. The van der Waals surface area contributed by atoms with Crippen LogP contribution in [0.3, 0.4) is 0 Å². The van der Waals surface area contributed by atoms with Crippen molar-refractivity contribution < 1.29 is 22.0 Å². The molecule has 0 unspecified atom stereocenters. The van der Waals surface area contributed by atoms with Crippen LogP contribution in [0.15, 0.2) is 56.7 Å². The highest BCUT2D eigenvalue weighted by Crippen LogP contribution is 2.42. The van der Waals surface area contributed by atoms with Crippen LogP contribution in [-0.2, 0) is 26.6 Å². The minimum atomic E-state index is -3.86. The Bertz CT molecular complexity index is 1290. The van der Waals surface area contributed by atoms with Gasteiger partial charge in [-0.05, 0) is 49.6 Å². The normalized spacial score (nSPS) is 18.3. The Labute approximate surface area is 179 Å². The lowest BCUT2D eigenvalue weighted by molar-refractivity contribution is -0.130. The maximum Gasteiger partial charge on any atom is 0.219 e. The Morgan fingerprint density at radius 2 is 1.87 bits per heavy atom. The molecule has 3 heterocycles. The molecule has 2 aromatic carbocycles. The molecule has 1 amide bonds. The zero-order valence-electron chi connectivity index (χ0n) is 17.2. The van der Waals surface area contributed by atoms with Crippen LogP contribution in [0.2, 0.25) is 0 Å². The lowest BCUT2D eigenvalue weighted by atomic mass is 9.80. The van der Waals surface area contributed by atoms with Crippen LogP contribution >= 0.6 is 0 Å². The molecule has 0 radical (unpaired) electrons. The van der Waals surface area contributed by atoms with E-state index in [1.807, 2.05) is 4.90 Å². The number of piperidine rings is 1. The molecule has 2 aliphatic heterocycles. The van der Waals surface area contributed by atoms with E-state index in [9.17, 15) is 17.6 Å². The second-order valence-corrected chi connectivity index (χ2v) is 10.2. The van der Waals surface area contributed by atoms with E-state index in [1.165, 1.54) is 24.3 Å². The molecule has 6 nitrogen and oxygen atoms in total. The van der Waals surface area contributed by atoms with E-state index in [1.54, 1.807) is 19.1 Å². The van der Waals surface area contributed by atoms with E-state index < -0.39 is 15.7 Å². The van der Waals surface area contributed by atoms with Crippen LogP contribution in [0.4, 0.5) is 4.39 Å². The van der Waals surface area contributed by atoms with Gasteiger partial charge in [-0.1, -0.05) is 6.07 Å². The highest BCUT2D eigenvalue weighted by atomic mass is 32.2. The Morgan fingerprint density at radius 3 is 2.58 bits per heavy atom. The van der Waals surface area contributed by atoms with Gasteiger partial charge >= 0.3 is 0 Å². The number of nitrogens with one attached hydrogen (secondary N) is 1. The molecule has 162 valence electrons. The molecule has 5 rings (SSSR count). The first-order valence-corrected chi connectivity index (χ1v) is 11.9. The third-order valence-corrected chi connectivity index (χ3v) is 8.27. The number of carbonyl (C=O) groups is 1. The van der Waals surface area contributed by atoms with E-state index in [2.05, 4.69) is 5.32 Å². The number of likely N-dealkylation sites (tertiary alicyclic amines) is 1. The van der Waals surface area contributed by atoms with Crippen LogP contribution < -0.4 is 5.32 Å². The Balaban J connectivity index is 1.56. The van der Waals surface area contributed by atoms with Gasteiger partial charge in [-0.25, -0.2) is 12.8 Å². The van der Waals surface area contributed by atoms with Crippen molar-refractivity contribution in [2.75, 3.05) is 19.6 Å². The fraction of sp³-hybridized carbons (Fsp3) is 0.348. The number of hydrogen-bond acceptors (Lipinski definition) is 5. The molecule has 3 aromatic rings. The number of halogens is 1. The summed E-state index contributed by atoms with van der Waals surface area (Å²) in [6.07, 6.45) is 2.28. The molecule has 0 aliphatic carbocycles. The van der Waals surface area contributed by atoms with Gasteiger partial charge in [-0.2, -0.15) is 0 Å². The molecule has 0 saturated carbocycles. The Kier molecular flexibility index (Phi) is 4.67. The maximum atomic E-state index is 13.6. The summed E-state index contributed by atoms with van der Waals surface area (Å²) < 4.78 is 45.9. The summed E-state index contributed by atoms with van der Waals surface area (Å²) in [5.41, 5.74) is 1.26. The molecule has 0 bridgehead atoms. The smallest absolute Gasteiger partial charge is 0.219 e. The van der Waals surface area contributed by atoms with Crippen molar-refractivity contribution in [3.05, 3.63) is 59.6 Å². The van der Waals surface area contributed by atoms with Crippen molar-refractivity contribution in [3.63, 3.8) is 0 Å². The van der Waals surface area contributed by atoms with E-state index in [0.717, 1.165) is 48.6 Å². The average molecular weight is 443 g/mol. The summed E-state index contributed by atoms with van der Waals surface area (Å²) in [5.74, 6) is 0.320. The molecule has 1 saturated heterocycles. The lowest BCUT2D eigenvalue weighted by Gasteiger charge is -2.43. The minimum Gasteiger partial charge on any atom is -0.459 e. The van der Waals surface area contributed by atoms with E-state index in [4.69, 9.17) is 4.42 Å². The third kappa shape index (κ3) is 3.25. The van der Waals surface area contributed by atoms with Crippen LogP contribution in [0.25, 0.3) is 11.0 Å². The summed E-state index contributed by atoms with van der Waals surface area (Å²) >= 11 is 0. The van der Waals surface area contributed by atoms with Gasteiger partial charge < -0.3 is 14.6 Å². The highest BCUT2D eigenvalue weighted by molar-refractivity contribution is 7.91. The zero-order chi connectivity index (χ0) is 21.8. The van der Waals surface area contributed by atoms with Crippen molar-refractivity contribution in [1.29, 1.82) is 0 Å². The van der Waals surface area contributed by atoms with Gasteiger partial charge in [0.25, 0.3) is 0 Å². The van der Waals surface area contributed by atoms with E-state index >= 15 is 0 Å². The van der Waals surface area contributed by atoms with Crippen molar-refractivity contribution in [2.45, 2.75) is 41.5 Å². The maximum absolute atomic E-state index is 13.6. The van der Waals surface area contributed by atoms with Crippen molar-refractivity contribution in [2.24, 2.45) is 0 Å². The van der Waals surface area contributed by atoms with Gasteiger partial charge in [-0.3, -0.25) is 4.79 Å². The van der Waals surface area contributed by atoms with Crippen LogP contribution in [0, 0.1) is 5.82 Å². The molecular weight excluding hydrogens is 419 g/mol. The van der Waals surface area contributed by atoms with Crippen molar-refractivity contribution >= 4 is 26.7 Å². The topological polar surface area (TPSA) is 79.6 Å². The number of carbonyl (C=O) groups excluding carboxylic acids is 1. The summed E-state index contributed by atoms with van der Waals surface area (Å²) in [7, 11) is -3.86. The molecule has 31 heavy (non-hydrogen) atoms. The molecular formula is C23H23FN2O4S. The van der Waals surface area contributed by atoms with Gasteiger partial charge in [0, 0.05) is 43.6 Å². The number of nitrogens with zero attached hydrogens (tertiary/aromatic N) is 1. The number of rotatable bonds is 2. The summed E-state index contributed by atoms with van der Waals surface area (Å²) in [5, 5.41) is 4.50. The number of furan rings is 1. The Morgan fingerprint density at radius 1 is 1.13 bits per heavy atom. The number of benzene rings is 2. The van der Waals surface area contributed by atoms with Crippen molar-refractivity contribution in [3.8, 4) is 0 Å². The summed E-state index contributed by atoms with van der Waals surface area (Å²) in [6, 6.07) is 9.89. The second-order valence-electron chi connectivity index (χ2n) is 8.29. The molecule has 1 spiro atoms. The van der Waals surface area contributed by atoms with E-state index in [-0.39, 0.29) is 21.2 Å². The third-order valence-electron chi connectivity index (χ3n) is 6.52. The summed E-state index contributed by atoms with van der Waals surface area (Å²) in [4.78, 5) is 13.6. The second kappa shape index (κ2) is 7.17. The number of hydrogen-bond donors (Lipinski definition) is 1. The standard InChI is InChI=1S/C23H23FN2O4S/c1-15(27)26-11-8-23(9-12-26)22-20(7-10-25-23)19-6-5-18(14-21(19)30-22)31(28,29)17-4-2-3-16(24)13-17/h2-6,13-14,25H,7-12H2,1H3. The minimum absolute atomic E-state index is 0.0719. The van der Waals surface area contributed by atoms with Crippen LogP contribution in [0.5, 0.6) is 0 Å². The quantitative estimate of drug-likeness (QED) is 0.658. The first-order chi connectivity index (χ1) is 14.8. The fourth-order valence-electron chi connectivity index (χ4n) is 4.82. The number of fused-ring (bicyclic) bond motifs is 4. The molecule has 0 atom stereocenters. The first kappa shape index (κ1) is 20.2. The lowest BCUT2D eigenvalue weighted by Crippen LogP contribution is -2.54. The van der Waals surface area contributed by atoms with Gasteiger partial charge in [-0.15, -0.1) is 0 Å². The fourth-order valence-corrected chi connectivity index (χ4v) is 6.12. The van der Waals surface area contributed by atoms with Crippen LogP contribution in [-0.4, -0.2) is 38.9 Å². The van der Waals surface area contributed by atoms with Crippen molar-refractivity contribution in [1.82, 2.24) is 10.2 Å². The van der Waals surface area contributed by atoms with Crippen LogP contribution in [0.1, 0.15) is 31.1 Å². The molecule has 1 fully saturated rings.